The number of urea groups is 1. The highest BCUT2D eigenvalue weighted by Crippen LogP contribution is 2.41. The second-order valence-corrected chi connectivity index (χ2v) is 5.69. The lowest BCUT2D eigenvalue weighted by atomic mass is 9.92. The van der Waals surface area contributed by atoms with E-state index in [1.165, 1.54) is 14.0 Å². The quantitative estimate of drug-likeness (QED) is 0.773. The molecular weight excluding hydrogens is 332 g/mol. The van der Waals surface area contributed by atoms with E-state index in [-0.39, 0.29) is 12.4 Å². The van der Waals surface area contributed by atoms with Gasteiger partial charge in [0, 0.05) is 27.9 Å². The predicted molar refractivity (Wildman–Crippen MR) is 91.5 cm³/mol. The summed E-state index contributed by atoms with van der Waals surface area (Å²) in [4.78, 5) is 24.0. The Morgan fingerprint density at radius 2 is 2.17 bits per heavy atom. The van der Waals surface area contributed by atoms with Crippen LogP contribution in [0.2, 0.25) is 5.02 Å². The highest BCUT2D eigenvalue weighted by molar-refractivity contribution is 6.30. The Morgan fingerprint density at radius 1 is 1.46 bits per heavy atom. The molecule has 1 heterocycles. The minimum atomic E-state index is -0.691. The molecule has 0 aromatic heterocycles. The standard InChI is InChI=1S/C17H19ClN2O4/c1-5-6-24-16-12(7-11(18)8-13(16)23-4)15-14(10(3)21)9(2)19-17(22)20-15/h5,7-8,15H,1,6H2,2-4H3,(H2,19,20,22)/t15-/m0/s1. The number of hydrogen-bond donors (Lipinski definition) is 2. The molecule has 0 spiro atoms. The van der Waals surface area contributed by atoms with Crippen molar-refractivity contribution in [1.29, 1.82) is 0 Å². The monoisotopic (exact) mass is 350 g/mol. The van der Waals surface area contributed by atoms with Crippen molar-refractivity contribution in [2.45, 2.75) is 19.9 Å². The van der Waals surface area contributed by atoms with Crippen LogP contribution in [0.5, 0.6) is 11.5 Å². The Balaban J connectivity index is 2.66. The Bertz CT molecular complexity index is 728. The molecule has 0 bridgehead atoms. The molecule has 0 aliphatic carbocycles. The zero-order valence-corrected chi connectivity index (χ0v) is 14.5. The number of allylic oxidation sites excluding steroid dienone is 1. The fourth-order valence-electron chi connectivity index (χ4n) is 2.65. The SMILES string of the molecule is C=CCOc1c(OC)cc(Cl)cc1[C@@H]1NC(=O)NC(C)=C1C(C)=O. The van der Waals surface area contributed by atoms with Crippen LogP contribution in [0.25, 0.3) is 0 Å². The van der Waals surface area contributed by atoms with Gasteiger partial charge in [0.15, 0.2) is 17.3 Å². The molecule has 1 aromatic carbocycles. The maximum absolute atomic E-state index is 12.1. The molecule has 0 unspecified atom stereocenters. The van der Waals surface area contributed by atoms with E-state index in [0.29, 0.717) is 33.4 Å². The number of amides is 2. The van der Waals surface area contributed by atoms with Crippen LogP contribution in [-0.4, -0.2) is 25.5 Å². The number of carbonyl (C=O) groups excluding carboxylic acids is 2. The summed E-state index contributed by atoms with van der Waals surface area (Å²) >= 11 is 6.17. The van der Waals surface area contributed by atoms with Crippen molar-refractivity contribution in [3.05, 3.63) is 46.6 Å². The molecule has 128 valence electrons. The summed E-state index contributed by atoms with van der Waals surface area (Å²) in [7, 11) is 1.49. The van der Waals surface area contributed by atoms with Gasteiger partial charge in [-0.3, -0.25) is 4.79 Å². The van der Waals surface area contributed by atoms with Crippen LogP contribution in [0.3, 0.4) is 0 Å². The van der Waals surface area contributed by atoms with Gasteiger partial charge in [-0.15, -0.1) is 0 Å². The Labute approximate surface area is 145 Å². The van der Waals surface area contributed by atoms with Crippen molar-refractivity contribution in [2.75, 3.05) is 13.7 Å². The van der Waals surface area contributed by atoms with E-state index >= 15 is 0 Å². The van der Waals surface area contributed by atoms with E-state index in [0.717, 1.165) is 0 Å². The van der Waals surface area contributed by atoms with Crippen LogP contribution in [0.15, 0.2) is 36.1 Å². The number of benzene rings is 1. The summed E-state index contributed by atoms with van der Waals surface area (Å²) in [6.07, 6.45) is 1.59. The number of Topliss-reactive ketones (excluding diaryl/α,β-unsaturated/α-hetero) is 1. The van der Waals surface area contributed by atoms with Crippen molar-refractivity contribution < 1.29 is 19.1 Å². The van der Waals surface area contributed by atoms with Crippen molar-refractivity contribution >= 4 is 23.4 Å². The topological polar surface area (TPSA) is 76.7 Å². The molecule has 1 aromatic rings. The molecule has 6 nitrogen and oxygen atoms in total. The maximum atomic E-state index is 12.1. The molecule has 1 atom stereocenters. The van der Waals surface area contributed by atoms with E-state index in [1.807, 2.05) is 0 Å². The molecule has 0 fully saturated rings. The third kappa shape index (κ3) is 3.54. The van der Waals surface area contributed by atoms with Gasteiger partial charge < -0.3 is 20.1 Å². The number of carbonyl (C=O) groups is 2. The molecule has 24 heavy (non-hydrogen) atoms. The average Bonchev–Trinajstić information content (AvgIpc) is 2.51. The molecule has 2 amide bonds. The highest BCUT2D eigenvalue weighted by Gasteiger charge is 2.32. The van der Waals surface area contributed by atoms with E-state index in [4.69, 9.17) is 21.1 Å². The number of halogens is 1. The molecule has 1 aliphatic rings. The number of rotatable bonds is 6. The summed E-state index contributed by atoms with van der Waals surface area (Å²) < 4.78 is 11.0. The number of hydrogen-bond acceptors (Lipinski definition) is 4. The van der Waals surface area contributed by atoms with E-state index in [2.05, 4.69) is 17.2 Å². The number of ketones is 1. The molecule has 0 saturated carbocycles. The Morgan fingerprint density at radius 3 is 2.75 bits per heavy atom. The normalized spacial score (nSPS) is 17.0. The van der Waals surface area contributed by atoms with Gasteiger partial charge in [-0.2, -0.15) is 0 Å². The van der Waals surface area contributed by atoms with Crippen LogP contribution in [0.4, 0.5) is 4.79 Å². The fourth-order valence-corrected chi connectivity index (χ4v) is 2.86. The lowest BCUT2D eigenvalue weighted by Crippen LogP contribution is -2.44. The van der Waals surface area contributed by atoms with Crippen molar-refractivity contribution in [1.82, 2.24) is 10.6 Å². The molecule has 2 rings (SSSR count). The number of ether oxygens (including phenoxy) is 2. The molecule has 0 radical (unpaired) electrons. The lowest BCUT2D eigenvalue weighted by molar-refractivity contribution is -0.114. The van der Waals surface area contributed by atoms with Crippen LogP contribution in [0, 0.1) is 0 Å². The number of nitrogens with one attached hydrogen (secondary N) is 2. The molecule has 2 N–H and O–H groups in total. The number of methoxy groups -OCH3 is 1. The minimum Gasteiger partial charge on any atom is -0.493 e. The summed E-state index contributed by atoms with van der Waals surface area (Å²) in [5.74, 6) is 0.645. The average molecular weight is 351 g/mol. The first-order valence-electron chi connectivity index (χ1n) is 7.29. The first-order chi connectivity index (χ1) is 11.4. The first kappa shape index (κ1) is 17.9. The summed E-state index contributed by atoms with van der Waals surface area (Å²) in [6.45, 7) is 6.98. The molecule has 7 heteroatoms. The van der Waals surface area contributed by atoms with Gasteiger partial charge in [0.2, 0.25) is 0 Å². The van der Waals surface area contributed by atoms with Crippen LogP contribution < -0.4 is 20.1 Å². The van der Waals surface area contributed by atoms with Gasteiger partial charge in [-0.05, 0) is 19.9 Å². The predicted octanol–water partition coefficient (Wildman–Crippen LogP) is 3.13. The zero-order chi connectivity index (χ0) is 17.9. The summed E-state index contributed by atoms with van der Waals surface area (Å²) in [6, 6.07) is 2.16. The van der Waals surface area contributed by atoms with Crippen molar-refractivity contribution in [3.8, 4) is 11.5 Å². The Kier molecular flexibility index (Phi) is 5.51. The van der Waals surface area contributed by atoms with Crippen LogP contribution >= 0.6 is 11.6 Å². The third-order valence-electron chi connectivity index (χ3n) is 3.57. The summed E-state index contributed by atoms with van der Waals surface area (Å²) in [5, 5.41) is 5.75. The van der Waals surface area contributed by atoms with E-state index in [9.17, 15) is 9.59 Å². The second kappa shape index (κ2) is 7.40. The molecule has 0 saturated heterocycles. The third-order valence-corrected chi connectivity index (χ3v) is 3.79. The van der Waals surface area contributed by atoms with Crippen molar-refractivity contribution in [3.63, 3.8) is 0 Å². The molecular formula is C17H19ClN2O4. The lowest BCUT2D eigenvalue weighted by Gasteiger charge is -2.29. The fraction of sp³-hybridized carbons (Fsp3) is 0.294. The molecule has 1 aliphatic heterocycles. The highest BCUT2D eigenvalue weighted by atomic mass is 35.5. The first-order valence-corrected chi connectivity index (χ1v) is 7.67. The van der Waals surface area contributed by atoms with Gasteiger partial charge in [0.25, 0.3) is 0 Å². The van der Waals surface area contributed by atoms with Gasteiger partial charge in [0.05, 0.1) is 13.2 Å². The zero-order valence-electron chi connectivity index (χ0n) is 13.7. The minimum absolute atomic E-state index is 0.168. The van der Waals surface area contributed by atoms with Crippen molar-refractivity contribution in [2.24, 2.45) is 0 Å². The van der Waals surface area contributed by atoms with Gasteiger partial charge in [-0.25, -0.2) is 4.79 Å². The second-order valence-electron chi connectivity index (χ2n) is 5.25. The maximum Gasteiger partial charge on any atom is 0.319 e. The summed E-state index contributed by atoms with van der Waals surface area (Å²) in [5.41, 5.74) is 1.47. The van der Waals surface area contributed by atoms with Gasteiger partial charge in [-0.1, -0.05) is 24.3 Å². The van der Waals surface area contributed by atoms with Gasteiger partial charge in [0.1, 0.15) is 6.61 Å². The largest absolute Gasteiger partial charge is 0.493 e. The van der Waals surface area contributed by atoms with Crippen LogP contribution in [0.1, 0.15) is 25.5 Å². The van der Waals surface area contributed by atoms with Crippen LogP contribution in [-0.2, 0) is 4.79 Å². The van der Waals surface area contributed by atoms with Gasteiger partial charge >= 0.3 is 6.03 Å². The smallest absolute Gasteiger partial charge is 0.319 e. The van der Waals surface area contributed by atoms with E-state index in [1.54, 1.807) is 25.1 Å². The van der Waals surface area contributed by atoms with E-state index < -0.39 is 12.1 Å². The Hall–Kier alpha value is -2.47.